The fourth-order valence-electron chi connectivity index (χ4n) is 3.83. The summed E-state index contributed by atoms with van der Waals surface area (Å²) in [6.07, 6.45) is 4.23. The topological polar surface area (TPSA) is 22.8 Å². The van der Waals surface area contributed by atoms with Gasteiger partial charge >= 0.3 is 0 Å². The molecule has 0 unspecified atom stereocenters. The number of benzene rings is 3. The summed E-state index contributed by atoms with van der Waals surface area (Å²) in [4.78, 5) is 0. The van der Waals surface area contributed by atoms with Gasteiger partial charge in [0.15, 0.2) is 0 Å². The fraction of sp³-hybridized carbons (Fsp3) is 0.0800. The predicted octanol–water partition coefficient (Wildman–Crippen LogP) is 6.42. The zero-order valence-corrected chi connectivity index (χ0v) is 17.2. The third-order valence-corrected chi connectivity index (χ3v) is 6.02. The summed E-state index contributed by atoms with van der Waals surface area (Å²) in [5, 5.41) is 7.46. The molecule has 0 saturated carbocycles. The van der Waals surface area contributed by atoms with Crippen molar-refractivity contribution in [2.75, 3.05) is 6.26 Å². The third kappa shape index (κ3) is 3.06. The standard InChI is InChI=1S/C25H21N3S/c1-27-16-15-19-17-20(13-14-22(19)27)23-24(18-9-5-3-6-10-18)26-28(25(23)29-2)21-11-7-4-8-12-21/h3-17H,1-2H3. The number of hydrogen-bond donors (Lipinski definition) is 0. The van der Waals surface area contributed by atoms with Crippen molar-refractivity contribution < 1.29 is 0 Å². The Hall–Kier alpha value is -3.24. The molecule has 0 radical (unpaired) electrons. The largest absolute Gasteiger partial charge is 0.351 e. The van der Waals surface area contributed by atoms with E-state index < -0.39 is 0 Å². The highest BCUT2D eigenvalue weighted by Crippen LogP contribution is 2.40. The Kier molecular flexibility index (Phi) is 4.49. The summed E-state index contributed by atoms with van der Waals surface area (Å²) in [6.45, 7) is 0. The molecule has 29 heavy (non-hydrogen) atoms. The molecule has 4 heteroatoms. The third-order valence-electron chi connectivity index (χ3n) is 5.26. The van der Waals surface area contributed by atoms with Crippen LogP contribution in [0.1, 0.15) is 0 Å². The van der Waals surface area contributed by atoms with Crippen molar-refractivity contribution in [1.29, 1.82) is 0 Å². The van der Waals surface area contributed by atoms with Gasteiger partial charge in [-0.3, -0.25) is 0 Å². The van der Waals surface area contributed by atoms with E-state index in [0.717, 1.165) is 22.0 Å². The van der Waals surface area contributed by atoms with Gasteiger partial charge in [0.05, 0.1) is 5.69 Å². The van der Waals surface area contributed by atoms with Crippen LogP contribution in [0.3, 0.4) is 0 Å². The molecule has 0 bridgehead atoms. The van der Waals surface area contributed by atoms with Crippen LogP contribution in [0.25, 0.3) is 39.0 Å². The lowest BCUT2D eigenvalue weighted by Crippen LogP contribution is -1.97. The van der Waals surface area contributed by atoms with Gasteiger partial charge in [0.25, 0.3) is 0 Å². The van der Waals surface area contributed by atoms with Gasteiger partial charge in [0, 0.05) is 35.3 Å². The fourth-order valence-corrected chi connectivity index (χ4v) is 4.57. The van der Waals surface area contributed by atoms with Crippen molar-refractivity contribution in [2.45, 2.75) is 5.03 Å². The molecular formula is C25H21N3S. The van der Waals surface area contributed by atoms with Crippen LogP contribution >= 0.6 is 11.8 Å². The molecular weight excluding hydrogens is 374 g/mol. The first-order chi connectivity index (χ1) is 14.3. The van der Waals surface area contributed by atoms with Crippen LogP contribution in [-0.2, 0) is 7.05 Å². The van der Waals surface area contributed by atoms with Crippen molar-refractivity contribution in [1.82, 2.24) is 14.3 Å². The first kappa shape index (κ1) is 17.8. The van der Waals surface area contributed by atoms with Gasteiger partial charge in [-0.15, -0.1) is 11.8 Å². The van der Waals surface area contributed by atoms with E-state index in [-0.39, 0.29) is 0 Å². The minimum atomic E-state index is 1.01. The van der Waals surface area contributed by atoms with Crippen molar-refractivity contribution in [3.05, 3.63) is 91.1 Å². The van der Waals surface area contributed by atoms with Crippen LogP contribution in [0.5, 0.6) is 0 Å². The highest BCUT2D eigenvalue weighted by Gasteiger charge is 2.21. The summed E-state index contributed by atoms with van der Waals surface area (Å²) in [6, 6.07) is 29.6. The molecule has 0 fully saturated rings. The molecule has 0 aliphatic carbocycles. The Labute approximate surface area is 174 Å². The molecule has 0 N–H and O–H groups in total. The summed E-state index contributed by atoms with van der Waals surface area (Å²) in [5.74, 6) is 0. The minimum absolute atomic E-state index is 1.01. The second kappa shape index (κ2) is 7.30. The van der Waals surface area contributed by atoms with E-state index in [4.69, 9.17) is 5.10 Å². The maximum absolute atomic E-state index is 5.07. The zero-order valence-electron chi connectivity index (χ0n) is 16.4. The molecule has 0 amide bonds. The van der Waals surface area contributed by atoms with E-state index >= 15 is 0 Å². The predicted molar refractivity (Wildman–Crippen MR) is 123 cm³/mol. The molecule has 0 atom stereocenters. The van der Waals surface area contributed by atoms with Crippen LogP contribution in [0, 0.1) is 0 Å². The highest BCUT2D eigenvalue weighted by atomic mass is 32.2. The molecule has 0 saturated heterocycles. The average molecular weight is 396 g/mol. The lowest BCUT2D eigenvalue weighted by atomic mass is 10.0. The van der Waals surface area contributed by atoms with Crippen LogP contribution in [0.15, 0.2) is 96.2 Å². The molecule has 3 aromatic carbocycles. The number of nitrogens with zero attached hydrogens (tertiary/aromatic N) is 3. The average Bonchev–Trinajstić information content (AvgIpc) is 3.35. The molecule has 3 nitrogen and oxygen atoms in total. The number of fused-ring (bicyclic) bond motifs is 1. The summed E-state index contributed by atoms with van der Waals surface area (Å²) in [5.41, 5.74) is 6.80. The van der Waals surface area contributed by atoms with E-state index in [0.29, 0.717) is 0 Å². The zero-order chi connectivity index (χ0) is 19.8. The van der Waals surface area contributed by atoms with Gasteiger partial charge in [-0.05, 0) is 42.2 Å². The van der Waals surface area contributed by atoms with Crippen LogP contribution < -0.4 is 0 Å². The van der Waals surface area contributed by atoms with E-state index in [1.165, 1.54) is 22.0 Å². The Morgan fingerprint density at radius 1 is 0.793 bits per heavy atom. The van der Waals surface area contributed by atoms with Crippen molar-refractivity contribution in [3.63, 3.8) is 0 Å². The molecule has 5 rings (SSSR count). The normalized spacial score (nSPS) is 11.2. The van der Waals surface area contributed by atoms with Gasteiger partial charge in [-0.25, -0.2) is 4.68 Å². The minimum Gasteiger partial charge on any atom is -0.351 e. The Morgan fingerprint density at radius 2 is 1.52 bits per heavy atom. The SMILES string of the molecule is CSc1c(-c2ccc3c(ccn3C)c2)c(-c2ccccc2)nn1-c1ccccc1. The Morgan fingerprint density at radius 3 is 2.24 bits per heavy atom. The second-order valence-corrected chi connectivity index (χ2v) is 7.84. The monoisotopic (exact) mass is 395 g/mol. The summed E-state index contributed by atoms with van der Waals surface area (Å²) >= 11 is 1.73. The maximum atomic E-state index is 5.07. The number of aryl methyl sites for hydroxylation is 1. The van der Waals surface area contributed by atoms with Crippen LogP contribution in [0.2, 0.25) is 0 Å². The van der Waals surface area contributed by atoms with Gasteiger partial charge < -0.3 is 4.57 Å². The van der Waals surface area contributed by atoms with Gasteiger partial charge in [-0.2, -0.15) is 5.10 Å². The lowest BCUT2D eigenvalue weighted by molar-refractivity contribution is 0.808. The van der Waals surface area contributed by atoms with E-state index in [1.807, 2.05) is 12.1 Å². The molecule has 142 valence electrons. The van der Waals surface area contributed by atoms with Crippen molar-refractivity contribution in [3.8, 4) is 28.1 Å². The number of rotatable bonds is 4. The second-order valence-electron chi connectivity index (χ2n) is 7.05. The lowest BCUT2D eigenvalue weighted by Gasteiger charge is -2.08. The molecule has 0 aliphatic rings. The van der Waals surface area contributed by atoms with Crippen LogP contribution in [0.4, 0.5) is 0 Å². The summed E-state index contributed by atoms with van der Waals surface area (Å²) < 4.78 is 4.22. The number of para-hydroxylation sites is 1. The van der Waals surface area contributed by atoms with E-state index in [1.54, 1.807) is 11.8 Å². The molecule has 2 heterocycles. The van der Waals surface area contributed by atoms with E-state index in [2.05, 4.69) is 102 Å². The number of hydrogen-bond acceptors (Lipinski definition) is 2. The van der Waals surface area contributed by atoms with Gasteiger partial charge in [0.2, 0.25) is 0 Å². The molecule has 0 aliphatic heterocycles. The molecule has 0 spiro atoms. The van der Waals surface area contributed by atoms with E-state index in [9.17, 15) is 0 Å². The first-order valence-electron chi connectivity index (χ1n) is 9.59. The van der Waals surface area contributed by atoms with Gasteiger partial charge in [0.1, 0.15) is 10.7 Å². The van der Waals surface area contributed by atoms with Crippen molar-refractivity contribution >= 4 is 22.7 Å². The van der Waals surface area contributed by atoms with Crippen LogP contribution in [-0.4, -0.2) is 20.6 Å². The first-order valence-corrected chi connectivity index (χ1v) is 10.8. The molecule has 5 aromatic rings. The highest BCUT2D eigenvalue weighted by molar-refractivity contribution is 7.98. The smallest absolute Gasteiger partial charge is 0.108 e. The number of aromatic nitrogens is 3. The Balaban J connectivity index is 1.81. The maximum Gasteiger partial charge on any atom is 0.108 e. The number of thioether (sulfide) groups is 1. The van der Waals surface area contributed by atoms with Gasteiger partial charge in [-0.1, -0.05) is 54.6 Å². The quantitative estimate of drug-likeness (QED) is 0.328. The molecule has 2 aromatic heterocycles. The summed E-state index contributed by atoms with van der Waals surface area (Å²) in [7, 11) is 2.08. The van der Waals surface area contributed by atoms with Crippen molar-refractivity contribution in [2.24, 2.45) is 7.05 Å². The Bertz CT molecular complexity index is 1280.